The molecule has 22 heavy (non-hydrogen) atoms. The number of nitrogens with one attached hydrogen (secondary N) is 1. The third kappa shape index (κ3) is 5.24. The second-order valence-electron chi connectivity index (χ2n) is 6.35. The van der Waals surface area contributed by atoms with E-state index >= 15 is 0 Å². The van der Waals surface area contributed by atoms with Crippen LogP contribution in [0, 0.1) is 0 Å². The minimum absolute atomic E-state index is 0.0491. The maximum atomic E-state index is 11.4. The molecule has 4 heteroatoms. The Hall–Kier alpha value is -1.16. The van der Waals surface area contributed by atoms with Gasteiger partial charge in [-0.3, -0.25) is 9.28 Å². The third-order valence-corrected chi connectivity index (χ3v) is 4.88. The van der Waals surface area contributed by atoms with Crippen molar-refractivity contribution in [2.24, 2.45) is 4.99 Å². The Morgan fingerprint density at radius 2 is 2.14 bits per heavy atom. The van der Waals surface area contributed by atoms with E-state index in [9.17, 15) is 4.79 Å². The van der Waals surface area contributed by atoms with Crippen LogP contribution in [0.1, 0.15) is 66.2 Å². The molecule has 3 atom stereocenters. The third-order valence-electron chi connectivity index (χ3n) is 4.88. The molecule has 0 bridgehead atoms. The van der Waals surface area contributed by atoms with Gasteiger partial charge < -0.3 is 5.32 Å². The van der Waals surface area contributed by atoms with Gasteiger partial charge in [0.05, 0.1) is 12.8 Å². The molecule has 0 radical (unpaired) electrons. The molecule has 1 N–H and O–H groups in total. The van der Waals surface area contributed by atoms with Gasteiger partial charge in [0.1, 0.15) is 6.54 Å². The summed E-state index contributed by atoms with van der Waals surface area (Å²) < 4.78 is 0.873. The summed E-state index contributed by atoms with van der Waals surface area (Å²) in [6, 6.07) is 0. The van der Waals surface area contributed by atoms with Gasteiger partial charge in [-0.25, -0.2) is 4.99 Å². The molecule has 0 saturated carbocycles. The second-order valence-corrected chi connectivity index (χ2v) is 6.35. The van der Waals surface area contributed by atoms with Gasteiger partial charge in [-0.15, -0.1) is 0 Å². The highest BCUT2D eigenvalue weighted by Gasteiger charge is 2.42. The molecule has 0 aliphatic carbocycles. The first-order valence-corrected chi connectivity index (χ1v) is 8.83. The summed E-state index contributed by atoms with van der Waals surface area (Å²) in [5.41, 5.74) is 0. The predicted molar refractivity (Wildman–Crippen MR) is 93.7 cm³/mol. The number of aliphatic imine (C=N–C) groups is 1. The summed E-state index contributed by atoms with van der Waals surface area (Å²) >= 11 is 0. The fourth-order valence-electron chi connectivity index (χ4n) is 3.47. The molecule has 1 heterocycles. The number of quaternary nitrogens is 1. The monoisotopic (exact) mass is 308 g/mol. The van der Waals surface area contributed by atoms with Crippen LogP contribution in [0.5, 0.6) is 0 Å². The van der Waals surface area contributed by atoms with E-state index in [-0.39, 0.29) is 12.1 Å². The molecule has 3 unspecified atom stereocenters. The first-order valence-electron chi connectivity index (χ1n) is 8.83. The fourth-order valence-corrected chi connectivity index (χ4v) is 3.47. The lowest BCUT2D eigenvalue weighted by molar-refractivity contribution is -0.959. The first kappa shape index (κ1) is 18.9. The number of hydrogen-bond acceptors (Lipinski definition) is 2. The van der Waals surface area contributed by atoms with Gasteiger partial charge in [0, 0.05) is 20.3 Å². The van der Waals surface area contributed by atoms with Crippen molar-refractivity contribution >= 4 is 12.1 Å². The summed E-state index contributed by atoms with van der Waals surface area (Å²) in [4.78, 5) is 16.1. The first-order chi connectivity index (χ1) is 10.6. The summed E-state index contributed by atoms with van der Waals surface area (Å²) in [6.45, 7) is 9.94. The average Bonchev–Trinajstić information content (AvgIpc) is 2.90. The average molecular weight is 308 g/mol. The molecule has 1 aliphatic rings. The Bertz CT molecular complexity index is 392. The van der Waals surface area contributed by atoms with Crippen molar-refractivity contribution in [2.75, 3.05) is 13.1 Å². The van der Waals surface area contributed by atoms with Crippen molar-refractivity contribution in [1.82, 2.24) is 5.32 Å². The van der Waals surface area contributed by atoms with Crippen molar-refractivity contribution in [3.63, 3.8) is 0 Å². The van der Waals surface area contributed by atoms with Gasteiger partial charge in [-0.2, -0.15) is 0 Å². The molecule has 1 rings (SSSR count). The van der Waals surface area contributed by atoms with E-state index in [1.807, 2.05) is 0 Å². The number of allylic oxidation sites excluding steroid dienone is 2. The Kier molecular flexibility index (Phi) is 8.39. The zero-order chi connectivity index (χ0) is 16.4. The summed E-state index contributed by atoms with van der Waals surface area (Å²) in [5, 5.41) is 3.08. The van der Waals surface area contributed by atoms with E-state index in [1.54, 1.807) is 6.92 Å². The van der Waals surface area contributed by atoms with Crippen molar-refractivity contribution in [1.29, 1.82) is 0 Å². The van der Waals surface area contributed by atoms with E-state index in [1.165, 1.54) is 32.1 Å². The Labute approximate surface area is 136 Å². The molecular weight excluding hydrogens is 274 g/mol. The van der Waals surface area contributed by atoms with Gasteiger partial charge in [0.2, 0.25) is 5.91 Å². The highest BCUT2D eigenvalue weighted by atomic mass is 16.1. The number of rotatable bonds is 10. The highest BCUT2D eigenvalue weighted by molar-refractivity contribution is 5.73. The van der Waals surface area contributed by atoms with Crippen LogP contribution in [0.4, 0.5) is 0 Å². The summed E-state index contributed by atoms with van der Waals surface area (Å²) in [6.07, 6.45) is 14.3. The molecule has 0 fully saturated rings. The lowest BCUT2D eigenvalue weighted by Crippen LogP contribution is -2.63. The van der Waals surface area contributed by atoms with E-state index in [0.29, 0.717) is 6.17 Å². The second kappa shape index (κ2) is 9.78. The molecule has 0 aromatic rings. The minimum Gasteiger partial charge on any atom is -0.307 e. The smallest absolute Gasteiger partial charge is 0.221 e. The van der Waals surface area contributed by atoms with Gasteiger partial charge in [-0.05, 0) is 33.1 Å². The zero-order valence-electron chi connectivity index (χ0n) is 14.8. The van der Waals surface area contributed by atoms with Crippen molar-refractivity contribution in [3.8, 4) is 0 Å². The summed E-state index contributed by atoms with van der Waals surface area (Å²) in [5.74, 6) is 0.0491. The molecule has 0 saturated heterocycles. The van der Waals surface area contributed by atoms with Crippen LogP contribution < -0.4 is 5.32 Å². The molecule has 0 spiro atoms. The number of carbonyl (C=O) groups excluding carboxylic acids is 1. The maximum Gasteiger partial charge on any atom is 0.221 e. The van der Waals surface area contributed by atoms with Crippen LogP contribution in [-0.2, 0) is 4.79 Å². The Morgan fingerprint density at radius 1 is 1.41 bits per heavy atom. The SMILES string of the molecule is C/C=C/CCCCCCC1N=CC[N+]1(CC)C(C)NC(C)=O. The Balaban J connectivity index is 2.42. The molecule has 1 amide bonds. The lowest BCUT2D eigenvalue weighted by Gasteiger charge is -2.42. The molecule has 0 aromatic carbocycles. The van der Waals surface area contributed by atoms with Gasteiger partial charge in [0.25, 0.3) is 0 Å². The van der Waals surface area contributed by atoms with Crippen molar-refractivity contribution in [3.05, 3.63) is 12.2 Å². The number of nitrogens with zero attached hydrogens (tertiary/aromatic N) is 2. The lowest BCUT2D eigenvalue weighted by atomic mass is 10.1. The van der Waals surface area contributed by atoms with E-state index in [2.05, 4.69) is 44.5 Å². The minimum atomic E-state index is 0.0491. The van der Waals surface area contributed by atoms with Crippen LogP contribution in [0.15, 0.2) is 17.1 Å². The van der Waals surface area contributed by atoms with E-state index in [4.69, 9.17) is 4.99 Å². The molecule has 0 aromatic heterocycles. The van der Waals surface area contributed by atoms with Crippen LogP contribution >= 0.6 is 0 Å². The number of amides is 1. The van der Waals surface area contributed by atoms with Crippen molar-refractivity contribution < 1.29 is 9.28 Å². The highest BCUT2D eigenvalue weighted by Crippen LogP contribution is 2.27. The van der Waals surface area contributed by atoms with Crippen LogP contribution in [-0.4, -0.2) is 42.0 Å². The van der Waals surface area contributed by atoms with Crippen LogP contribution in [0.2, 0.25) is 0 Å². The largest absolute Gasteiger partial charge is 0.307 e. The van der Waals surface area contributed by atoms with Crippen molar-refractivity contribution in [2.45, 2.75) is 78.6 Å². The predicted octanol–water partition coefficient (Wildman–Crippen LogP) is 3.63. The molecule has 126 valence electrons. The quantitative estimate of drug-likeness (QED) is 0.374. The fraction of sp³-hybridized carbons (Fsp3) is 0.778. The maximum absolute atomic E-state index is 11.4. The van der Waals surface area contributed by atoms with Gasteiger partial charge in [0.15, 0.2) is 12.3 Å². The molecular formula is C18H34N3O+. The van der Waals surface area contributed by atoms with Crippen LogP contribution in [0.3, 0.4) is 0 Å². The molecule has 1 aliphatic heterocycles. The number of unbranched alkanes of at least 4 members (excludes halogenated alkanes) is 4. The molecule has 4 nitrogen and oxygen atoms in total. The van der Waals surface area contributed by atoms with E-state index in [0.717, 1.165) is 24.0 Å². The Morgan fingerprint density at radius 3 is 2.77 bits per heavy atom. The zero-order valence-corrected chi connectivity index (χ0v) is 14.8. The standard InChI is InChI=1S/C18H33N3O/c1-5-7-8-9-10-11-12-13-18-19-14-15-21(18,6-2)16(3)20-17(4)22/h5,7,14,16,18H,6,8-13,15H2,1-4H3/p+1/b7-5+. The van der Waals surface area contributed by atoms with Gasteiger partial charge in [-0.1, -0.05) is 25.0 Å². The summed E-state index contributed by atoms with van der Waals surface area (Å²) in [7, 11) is 0. The number of carbonyl (C=O) groups is 1. The normalized spacial score (nSPS) is 25.7. The number of hydrogen-bond donors (Lipinski definition) is 1. The van der Waals surface area contributed by atoms with E-state index < -0.39 is 0 Å². The van der Waals surface area contributed by atoms with Crippen LogP contribution in [0.25, 0.3) is 0 Å². The van der Waals surface area contributed by atoms with Gasteiger partial charge >= 0.3 is 0 Å². The topological polar surface area (TPSA) is 41.5 Å².